The van der Waals surface area contributed by atoms with Crippen LogP contribution in [0.25, 0.3) is 5.57 Å². The second kappa shape index (κ2) is 13.4. The highest BCUT2D eigenvalue weighted by Crippen LogP contribution is 2.56. The van der Waals surface area contributed by atoms with E-state index in [-0.39, 0.29) is 28.2 Å². The summed E-state index contributed by atoms with van der Waals surface area (Å²) in [6.45, 7) is 19.2. The minimum atomic E-state index is -1.03. The fourth-order valence-electron chi connectivity index (χ4n) is 9.41. The quantitative estimate of drug-likeness (QED) is 0.322. The third-order valence-corrected chi connectivity index (χ3v) is 11.8. The molecule has 0 radical (unpaired) electrons. The van der Waals surface area contributed by atoms with E-state index in [0.29, 0.717) is 39.0 Å². The zero-order valence-corrected chi connectivity index (χ0v) is 32.7. The van der Waals surface area contributed by atoms with Crippen LogP contribution in [0.3, 0.4) is 0 Å². The zero-order chi connectivity index (χ0) is 38.7. The van der Waals surface area contributed by atoms with Gasteiger partial charge in [0.1, 0.15) is 17.4 Å². The standard InChI is InChI=1S/C43H55N3O7/c1-28-34(46(41(7,8)52-28)38(51)53-39(2,3)4)35(47)44-25-22-43(23-26-44,31-13-11-10-12-14-31)37(50)45-24-20-33-40(5,6)32(19-21-42(33,9)27-45)29-15-17-30(18-16-29)36(48)49/h10-20,28,34H,21-27H2,1-9H3,(H,48,49)/t28-,34+,42-/m1/s1. The number of amides is 3. The number of carbonyl (C=O) groups is 4. The van der Waals surface area contributed by atoms with Crippen LogP contribution in [0.2, 0.25) is 0 Å². The van der Waals surface area contributed by atoms with Crippen molar-refractivity contribution in [1.82, 2.24) is 14.7 Å². The maximum absolute atomic E-state index is 15.0. The minimum Gasteiger partial charge on any atom is -0.478 e. The van der Waals surface area contributed by atoms with Gasteiger partial charge in [-0.3, -0.25) is 14.5 Å². The number of benzene rings is 2. The van der Waals surface area contributed by atoms with Gasteiger partial charge in [-0.15, -0.1) is 0 Å². The van der Waals surface area contributed by atoms with Crippen LogP contribution in [0.4, 0.5) is 4.79 Å². The summed E-state index contributed by atoms with van der Waals surface area (Å²) in [6, 6.07) is 16.2. The molecule has 0 unspecified atom stereocenters. The first-order chi connectivity index (χ1) is 24.7. The molecule has 0 aromatic heterocycles. The van der Waals surface area contributed by atoms with Crippen LogP contribution in [0.5, 0.6) is 0 Å². The summed E-state index contributed by atoms with van der Waals surface area (Å²) in [5.74, 6) is -1.08. The van der Waals surface area contributed by atoms with Crippen molar-refractivity contribution >= 4 is 29.5 Å². The molecule has 0 bridgehead atoms. The zero-order valence-electron chi connectivity index (χ0n) is 32.7. The van der Waals surface area contributed by atoms with Crippen LogP contribution < -0.4 is 0 Å². The number of rotatable bonds is 5. The lowest BCUT2D eigenvalue weighted by molar-refractivity contribution is -0.146. The van der Waals surface area contributed by atoms with E-state index in [9.17, 15) is 19.5 Å². The summed E-state index contributed by atoms with van der Waals surface area (Å²) in [6.07, 6.45) is 5.00. The SMILES string of the molecule is C[C@H]1OC(C)(C)N(C(=O)OC(C)(C)C)[C@@H]1C(=O)N1CCC(C(=O)N2CC=C3C(C)(C)C(c4ccc(C(=O)O)cc4)=CC[C@]3(C)C2)(c2ccccc2)CC1. The van der Waals surface area contributed by atoms with Crippen molar-refractivity contribution in [3.8, 4) is 0 Å². The molecule has 284 valence electrons. The van der Waals surface area contributed by atoms with E-state index < -0.39 is 40.9 Å². The molecule has 2 aromatic rings. The Hall–Kier alpha value is -4.44. The van der Waals surface area contributed by atoms with Crippen molar-refractivity contribution < 1.29 is 33.8 Å². The molecule has 10 heteroatoms. The van der Waals surface area contributed by atoms with Gasteiger partial charge in [0.2, 0.25) is 11.8 Å². The van der Waals surface area contributed by atoms with Crippen LogP contribution in [0.15, 0.2) is 72.3 Å². The highest BCUT2D eigenvalue weighted by molar-refractivity contribution is 5.91. The van der Waals surface area contributed by atoms with E-state index >= 15 is 4.79 Å². The van der Waals surface area contributed by atoms with Crippen molar-refractivity contribution in [1.29, 1.82) is 0 Å². The molecule has 3 atom stereocenters. The molecule has 1 aliphatic carbocycles. The Bertz CT molecular complexity index is 1830. The number of carboxylic acids is 1. The maximum Gasteiger partial charge on any atom is 0.413 e. The Morgan fingerprint density at radius 3 is 2.08 bits per heavy atom. The van der Waals surface area contributed by atoms with Gasteiger partial charge in [-0.1, -0.05) is 81.0 Å². The average Bonchev–Trinajstić information content (AvgIpc) is 3.34. The third kappa shape index (κ3) is 6.91. The second-order valence-electron chi connectivity index (χ2n) is 17.5. The van der Waals surface area contributed by atoms with Gasteiger partial charge in [-0.05, 0) is 89.6 Å². The topological polar surface area (TPSA) is 117 Å². The van der Waals surface area contributed by atoms with Crippen LogP contribution in [-0.2, 0) is 24.5 Å². The number of fused-ring (bicyclic) bond motifs is 1. The molecule has 0 spiro atoms. The smallest absolute Gasteiger partial charge is 0.413 e. The fourth-order valence-corrected chi connectivity index (χ4v) is 9.41. The lowest BCUT2D eigenvalue weighted by atomic mass is 9.58. The van der Waals surface area contributed by atoms with E-state index in [1.807, 2.05) is 54.3 Å². The predicted molar refractivity (Wildman–Crippen MR) is 203 cm³/mol. The molecule has 0 saturated carbocycles. The van der Waals surface area contributed by atoms with Crippen LogP contribution >= 0.6 is 0 Å². The van der Waals surface area contributed by atoms with Gasteiger partial charge in [-0.25, -0.2) is 9.59 Å². The Kier molecular flexibility index (Phi) is 9.72. The van der Waals surface area contributed by atoms with Gasteiger partial charge in [0.05, 0.1) is 17.1 Å². The largest absolute Gasteiger partial charge is 0.478 e. The lowest BCUT2D eigenvalue weighted by Crippen LogP contribution is -2.60. The van der Waals surface area contributed by atoms with Crippen molar-refractivity contribution in [2.75, 3.05) is 26.2 Å². The molecule has 3 amide bonds. The van der Waals surface area contributed by atoms with Crippen molar-refractivity contribution in [2.24, 2.45) is 10.8 Å². The highest BCUT2D eigenvalue weighted by Gasteiger charge is 2.56. The predicted octanol–water partition coefficient (Wildman–Crippen LogP) is 7.29. The number of aromatic carboxylic acids is 1. The molecule has 2 fully saturated rings. The van der Waals surface area contributed by atoms with Crippen LogP contribution in [-0.4, -0.2) is 93.3 Å². The maximum atomic E-state index is 15.0. The summed E-state index contributed by atoms with van der Waals surface area (Å²) in [5, 5.41) is 9.40. The van der Waals surface area contributed by atoms with Gasteiger partial charge in [0.25, 0.3) is 0 Å². The molecule has 10 nitrogen and oxygen atoms in total. The van der Waals surface area contributed by atoms with E-state index in [0.717, 1.165) is 23.1 Å². The number of carbonyl (C=O) groups excluding carboxylic acids is 3. The molecule has 3 aliphatic heterocycles. The van der Waals surface area contributed by atoms with E-state index in [1.165, 1.54) is 10.5 Å². The first kappa shape index (κ1) is 38.3. The Balaban J connectivity index is 1.23. The van der Waals surface area contributed by atoms with Gasteiger partial charge in [0.15, 0.2) is 0 Å². The van der Waals surface area contributed by atoms with E-state index in [1.54, 1.807) is 51.7 Å². The number of hydrogen-bond donors (Lipinski definition) is 1. The summed E-state index contributed by atoms with van der Waals surface area (Å²) in [7, 11) is 0. The van der Waals surface area contributed by atoms with Crippen molar-refractivity contribution in [3.05, 3.63) is 89.0 Å². The normalized spacial score (nSPS) is 26.2. The number of hydrogen-bond acceptors (Lipinski definition) is 6. The molecule has 3 heterocycles. The summed E-state index contributed by atoms with van der Waals surface area (Å²) in [4.78, 5) is 59.4. The molecule has 2 saturated heterocycles. The van der Waals surface area contributed by atoms with E-state index in [2.05, 4.69) is 32.9 Å². The molecular formula is C43H55N3O7. The monoisotopic (exact) mass is 725 g/mol. The molecule has 53 heavy (non-hydrogen) atoms. The lowest BCUT2D eigenvalue weighted by Gasteiger charge is -2.52. The summed E-state index contributed by atoms with van der Waals surface area (Å²) < 4.78 is 11.9. The number of carboxylic acid groups (broad SMARTS) is 1. The molecule has 1 N–H and O–H groups in total. The van der Waals surface area contributed by atoms with Gasteiger partial charge >= 0.3 is 12.1 Å². The van der Waals surface area contributed by atoms with Gasteiger partial charge < -0.3 is 24.4 Å². The third-order valence-electron chi connectivity index (χ3n) is 11.8. The number of allylic oxidation sites excluding steroid dienone is 2. The Morgan fingerprint density at radius 1 is 0.868 bits per heavy atom. The first-order valence-corrected chi connectivity index (χ1v) is 18.8. The Labute approximate surface area is 313 Å². The number of piperidine rings is 1. The van der Waals surface area contributed by atoms with Crippen molar-refractivity contribution in [3.63, 3.8) is 0 Å². The summed E-state index contributed by atoms with van der Waals surface area (Å²) in [5.41, 5.74) is 1.45. The van der Waals surface area contributed by atoms with Gasteiger partial charge in [-0.2, -0.15) is 0 Å². The molecule has 4 aliphatic rings. The van der Waals surface area contributed by atoms with E-state index in [4.69, 9.17) is 9.47 Å². The van der Waals surface area contributed by atoms with Crippen LogP contribution in [0, 0.1) is 10.8 Å². The molecular weight excluding hydrogens is 670 g/mol. The number of likely N-dealkylation sites (tertiary alicyclic amines) is 1. The average molecular weight is 726 g/mol. The van der Waals surface area contributed by atoms with Gasteiger partial charge in [0, 0.05) is 37.0 Å². The number of ether oxygens (including phenoxy) is 2. The first-order valence-electron chi connectivity index (χ1n) is 18.8. The second-order valence-corrected chi connectivity index (χ2v) is 17.5. The van der Waals surface area contributed by atoms with Crippen LogP contribution in [0.1, 0.15) is 103 Å². The van der Waals surface area contributed by atoms with Crippen molar-refractivity contribution in [2.45, 2.75) is 110 Å². The highest BCUT2D eigenvalue weighted by atomic mass is 16.6. The summed E-state index contributed by atoms with van der Waals surface area (Å²) >= 11 is 0. The number of nitrogens with zero attached hydrogens (tertiary/aromatic N) is 3. The minimum absolute atomic E-state index is 0.0678. The molecule has 2 aromatic carbocycles. The Morgan fingerprint density at radius 2 is 1.49 bits per heavy atom. The molecule has 6 rings (SSSR count). The fraction of sp³-hybridized carbons (Fsp3) is 0.535.